The molecule has 2 aliphatic rings. The van der Waals surface area contributed by atoms with Crippen LogP contribution >= 0.6 is 0 Å². The topological polar surface area (TPSA) is 43.8 Å². The molecule has 0 spiro atoms. The second-order valence-electron chi connectivity index (χ2n) is 16.7. The fourth-order valence-electron chi connectivity index (χ4n) is 9.20. The number of nitrogens with zero attached hydrogens (tertiary/aromatic N) is 4. The van der Waals surface area contributed by atoms with E-state index >= 15 is 0 Å². The Bertz CT molecular complexity index is 2640. The van der Waals surface area contributed by atoms with Gasteiger partial charge in [0.2, 0.25) is 0 Å². The Hall–Kier alpha value is -4.24. The van der Waals surface area contributed by atoms with Crippen LogP contribution in [0.5, 0.6) is 11.5 Å². The number of pyridine rings is 2. The summed E-state index contributed by atoms with van der Waals surface area (Å²) in [5.74, 6) is 1.28. The minimum Gasteiger partial charge on any atom is -0.497 e. The van der Waals surface area contributed by atoms with Gasteiger partial charge in [0.15, 0.2) is 0 Å². The maximum atomic E-state index is 6.63. The number of benzene rings is 4. The summed E-state index contributed by atoms with van der Waals surface area (Å²) in [6, 6.07) is 24.9. The van der Waals surface area contributed by atoms with Crippen molar-refractivity contribution in [2.24, 2.45) is 0 Å². The molecule has 252 valence electrons. The molecule has 0 fully saturated rings. The molecule has 0 aliphatic carbocycles. The molecule has 2 aliphatic heterocycles. The largest absolute Gasteiger partial charge is 2.00 e. The number of hydrogen-bond donors (Lipinski definition) is 0. The summed E-state index contributed by atoms with van der Waals surface area (Å²) in [5, 5.41) is 6.75. The summed E-state index contributed by atoms with van der Waals surface area (Å²) in [6.45, 7) is 23.2. The van der Waals surface area contributed by atoms with E-state index in [1.165, 1.54) is 55.4 Å². The minimum absolute atomic E-state index is 0. The van der Waals surface area contributed by atoms with Crippen molar-refractivity contribution in [1.29, 1.82) is 0 Å². The summed E-state index contributed by atoms with van der Waals surface area (Å²) >= 11 is 0. The summed E-state index contributed by atoms with van der Waals surface area (Å²) in [7, 11) is 0. The molecule has 8 aromatic rings. The second-order valence-corrected chi connectivity index (χ2v) is 16.7. The van der Waals surface area contributed by atoms with Gasteiger partial charge in [0.1, 0.15) is 0 Å². The summed E-state index contributed by atoms with van der Waals surface area (Å²) < 4.78 is 11.4. The Balaban J connectivity index is 0.00000336. The van der Waals surface area contributed by atoms with Gasteiger partial charge in [-0.25, -0.2) is 0 Å². The molecule has 0 unspecified atom stereocenters. The monoisotopic (exact) mass is 746 g/mol. The van der Waals surface area contributed by atoms with Gasteiger partial charge < -0.3 is 13.5 Å². The SMILES string of the molecule is Cc1ccc2c3c1c1ccc(Oc4[c-]c5c(cc4)c4c(C)ccc6c4n4c(cnc54)C(C)(C)C6(C)C)[c-]c1c1ncc(n13)C(C)(C)C2(C)C.[Pd+2]. The molecule has 6 heterocycles. The van der Waals surface area contributed by atoms with E-state index in [9.17, 15) is 0 Å². The predicted molar refractivity (Wildman–Crippen MR) is 200 cm³/mol. The number of hydrogen-bond acceptors (Lipinski definition) is 3. The van der Waals surface area contributed by atoms with Crippen molar-refractivity contribution < 1.29 is 25.2 Å². The van der Waals surface area contributed by atoms with Gasteiger partial charge in [-0.2, -0.15) is 0 Å². The fourth-order valence-corrected chi connectivity index (χ4v) is 9.20. The van der Waals surface area contributed by atoms with Crippen LogP contribution in [0, 0.1) is 26.0 Å². The van der Waals surface area contributed by atoms with Crippen LogP contribution in [-0.4, -0.2) is 18.8 Å². The third kappa shape index (κ3) is 3.47. The first-order chi connectivity index (χ1) is 23.2. The first-order valence-corrected chi connectivity index (χ1v) is 17.4. The van der Waals surface area contributed by atoms with Gasteiger partial charge in [0, 0.05) is 68.0 Å². The number of ether oxygens (including phenoxy) is 1. The maximum absolute atomic E-state index is 6.63. The quantitative estimate of drug-likeness (QED) is 0.101. The first-order valence-electron chi connectivity index (χ1n) is 17.4. The standard InChI is InChI=1S/C44H40N4O.Pd/c1-23-11-17-31-37-35(23)27-15-13-25(19-29(27)39-45-21-33(47(37)39)43(7,8)41(31,3)4)49-26-14-16-28-30(20-26)40-46-22-34-44(9,10)42(5,6)32-18-12-24(2)36(28)38(32)48(34)40;/h11-18,21-22H,1-10H3;/q-2;+2. The summed E-state index contributed by atoms with van der Waals surface area (Å²) in [4.78, 5) is 10.1. The van der Waals surface area contributed by atoms with E-state index in [2.05, 4.69) is 139 Å². The van der Waals surface area contributed by atoms with Gasteiger partial charge in [-0.1, -0.05) is 137 Å². The molecule has 4 aromatic carbocycles. The molecule has 4 aromatic heterocycles. The molecular formula is C44H40N4OPd. The molecule has 0 saturated heterocycles. The van der Waals surface area contributed by atoms with E-state index in [0.717, 1.165) is 32.8 Å². The van der Waals surface area contributed by atoms with E-state index < -0.39 is 0 Å². The van der Waals surface area contributed by atoms with Crippen LogP contribution in [-0.2, 0) is 42.1 Å². The Labute approximate surface area is 306 Å². The predicted octanol–water partition coefficient (Wildman–Crippen LogP) is 10.7. The van der Waals surface area contributed by atoms with Crippen LogP contribution in [0.2, 0.25) is 0 Å². The normalized spacial score (nSPS) is 17.9. The zero-order valence-corrected chi connectivity index (χ0v) is 31.8. The molecule has 0 N–H and O–H groups in total. The second kappa shape index (κ2) is 9.55. The third-order valence-corrected chi connectivity index (χ3v) is 13.5. The zero-order chi connectivity index (χ0) is 34.2. The smallest absolute Gasteiger partial charge is 0.497 e. The molecule has 0 radical (unpaired) electrons. The van der Waals surface area contributed by atoms with E-state index in [-0.39, 0.29) is 42.1 Å². The van der Waals surface area contributed by atoms with Gasteiger partial charge in [0.05, 0.1) is 11.3 Å². The molecule has 5 nitrogen and oxygen atoms in total. The minimum atomic E-state index is -0.115. The van der Waals surface area contributed by atoms with E-state index in [1.807, 2.05) is 12.1 Å². The van der Waals surface area contributed by atoms with Crippen molar-refractivity contribution in [3.05, 3.63) is 107 Å². The van der Waals surface area contributed by atoms with Crippen LogP contribution in [0.15, 0.2) is 60.9 Å². The molecule has 6 heteroatoms. The van der Waals surface area contributed by atoms with Gasteiger partial charge in [-0.3, -0.25) is 9.97 Å². The van der Waals surface area contributed by atoms with Crippen molar-refractivity contribution in [2.75, 3.05) is 0 Å². The van der Waals surface area contributed by atoms with E-state index in [4.69, 9.17) is 14.7 Å². The molecule has 0 amide bonds. The number of rotatable bonds is 2. The van der Waals surface area contributed by atoms with Crippen molar-refractivity contribution in [1.82, 2.24) is 18.8 Å². The molecular weight excluding hydrogens is 707 g/mol. The van der Waals surface area contributed by atoms with Gasteiger partial charge in [-0.15, -0.1) is 12.1 Å². The number of aryl methyl sites for hydroxylation is 2. The third-order valence-electron chi connectivity index (χ3n) is 13.5. The van der Waals surface area contributed by atoms with Crippen LogP contribution in [0.1, 0.15) is 89.0 Å². The van der Waals surface area contributed by atoms with Crippen LogP contribution in [0.3, 0.4) is 0 Å². The number of fused-ring (bicyclic) bond motifs is 6. The van der Waals surface area contributed by atoms with Crippen molar-refractivity contribution >= 4 is 54.6 Å². The molecule has 0 bridgehead atoms. The Morgan fingerprint density at radius 3 is 1.34 bits per heavy atom. The van der Waals surface area contributed by atoms with Crippen molar-refractivity contribution in [2.45, 2.75) is 90.9 Å². The average Bonchev–Trinajstić information content (AvgIpc) is 3.71. The Morgan fingerprint density at radius 2 is 0.940 bits per heavy atom. The molecule has 0 atom stereocenters. The Kier molecular flexibility index (Phi) is 6.06. The fraction of sp³-hybridized carbons (Fsp3) is 0.318. The van der Waals surface area contributed by atoms with Gasteiger partial charge in [-0.05, 0) is 35.7 Å². The summed E-state index contributed by atoms with van der Waals surface area (Å²) in [5.41, 5.74) is 11.7. The van der Waals surface area contributed by atoms with E-state index in [0.29, 0.717) is 11.5 Å². The van der Waals surface area contributed by atoms with E-state index in [1.54, 1.807) is 0 Å². The van der Waals surface area contributed by atoms with Crippen LogP contribution < -0.4 is 4.74 Å². The van der Waals surface area contributed by atoms with Crippen molar-refractivity contribution in [3.8, 4) is 11.5 Å². The molecule has 10 rings (SSSR count). The maximum Gasteiger partial charge on any atom is 2.00 e. The average molecular weight is 747 g/mol. The molecule has 0 saturated carbocycles. The van der Waals surface area contributed by atoms with Crippen LogP contribution in [0.4, 0.5) is 0 Å². The van der Waals surface area contributed by atoms with Gasteiger partial charge in [0.25, 0.3) is 0 Å². The van der Waals surface area contributed by atoms with Crippen LogP contribution in [0.25, 0.3) is 54.6 Å². The summed E-state index contributed by atoms with van der Waals surface area (Å²) in [6.07, 6.45) is 4.14. The van der Waals surface area contributed by atoms with Crippen molar-refractivity contribution in [3.63, 3.8) is 0 Å². The number of aromatic nitrogens is 4. The molecule has 50 heavy (non-hydrogen) atoms. The van der Waals surface area contributed by atoms with Gasteiger partial charge >= 0.3 is 20.4 Å². The Morgan fingerprint density at radius 1 is 0.540 bits per heavy atom. The number of imidazole rings is 2. The zero-order valence-electron chi connectivity index (χ0n) is 30.3. The first kappa shape index (κ1) is 31.7.